The molecule has 134 valence electrons. The molecule has 0 radical (unpaired) electrons. The first kappa shape index (κ1) is 17.9. The second-order valence-corrected chi connectivity index (χ2v) is 8.10. The van der Waals surface area contributed by atoms with Gasteiger partial charge >= 0.3 is 6.18 Å². The summed E-state index contributed by atoms with van der Waals surface area (Å²) >= 11 is 0. The van der Waals surface area contributed by atoms with Crippen LogP contribution >= 0.6 is 0 Å². The lowest BCUT2D eigenvalue weighted by atomic mass is 10.0. The van der Waals surface area contributed by atoms with Gasteiger partial charge in [0, 0.05) is 6.54 Å². The van der Waals surface area contributed by atoms with E-state index in [2.05, 4.69) is 0 Å². The molecule has 0 N–H and O–H groups in total. The Morgan fingerprint density at radius 1 is 1.00 bits per heavy atom. The van der Waals surface area contributed by atoms with E-state index in [4.69, 9.17) is 0 Å². The highest BCUT2D eigenvalue weighted by molar-refractivity contribution is 7.89. The van der Waals surface area contributed by atoms with E-state index < -0.39 is 27.8 Å². The molecule has 1 saturated heterocycles. The zero-order valence-electron chi connectivity index (χ0n) is 13.6. The zero-order chi connectivity index (χ0) is 18.2. The summed E-state index contributed by atoms with van der Waals surface area (Å²) in [5, 5.41) is 0. The lowest BCUT2D eigenvalue weighted by molar-refractivity contribution is -0.137. The smallest absolute Gasteiger partial charge is 0.207 e. The Morgan fingerprint density at radius 2 is 1.60 bits per heavy atom. The summed E-state index contributed by atoms with van der Waals surface area (Å²) in [7, 11) is -3.68. The lowest BCUT2D eigenvalue weighted by Crippen LogP contribution is -2.30. The van der Waals surface area contributed by atoms with Crippen molar-refractivity contribution in [2.45, 2.75) is 36.9 Å². The summed E-state index contributed by atoms with van der Waals surface area (Å²) in [6, 6.07) is 10.9. The Balaban J connectivity index is 1.91. The molecule has 1 atom stereocenters. The summed E-state index contributed by atoms with van der Waals surface area (Å²) in [4.78, 5) is 0.205. The molecule has 2 aromatic carbocycles. The third-order valence-corrected chi connectivity index (χ3v) is 6.38. The Bertz CT molecular complexity index is 843. The second-order valence-electron chi connectivity index (χ2n) is 6.21. The van der Waals surface area contributed by atoms with Crippen molar-refractivity contribution in [3.63, 3.8) is 0 Å². The molecule has 1 aliphatic rings. The van der Waals surface area contributed by atoms with Crippen molar-refractivity contribution in [2.75, 3.05) is 6.54 Å². The second kappa shape index (κ2) is 6.46. The highest BCUT2D eigenvalue weighted by Gasteiger charge is 2.37. The molecule has 0 saturated carbocycles. The Morgan fingerprint density at radius 3 is 2.16 bits per heavy atom. The minimum atomic E-state index is -4.40. The SMILES string of the molecule is Cc1ccc(S(=O)(=O)N2CCCC2c2ccc(C(F)(F)F)cc2)cc1. The van der Waals surface area contributed by atoms with Crippen LogP contribution in [0.15, 0.2) is 53.4 Å². The van der Waals surface area contributed by atoms with E-state index in [9.17, 15) is 21.6 Å². The van der Waals surface area contributed by atoms with Crippen LogP contribution in [0, 0.1) is 6.92 Å². The monoisotopic (exact) mass is 369 g/mol. The van der Waals surface area contributed by atoms with Crippen molar-refractivity contribution in [1.82, 2.24) is 4.31 Å². The summed E-state index contributed by atoms with van der Waals surface area (Å²) < 4.78 is 65.3. The van der Waals surface area contributed by atoms with Crippen LogP contribution in [0.5, 0.6) is 0 Å². The van der Waals surface area contributed by atoms with Crippen LogP contribution in [0.2, 0.25) is 0 Å². The first-order valence-electron chi connectivity index (χ1n) is 7.95. The van der Waals surface area contributed by atoms with Crippen LogP contribution in [-0.2, 0) is 16.2 Å². The largest absolute Gasteiger partial charge is 0.416 e. The quantitative estimate of drug-likeness (QED) is 0.797. The molecule has 7 heteroatoms. The number of benzene rings is 2. The van der Waals surface area contributed by atoms with E-state index in [0.717, 1.165) is 17.7 Å². The summed E-state index contributed by atoms with van der Waals surface area (Å²) in [6.07, 6.45) is -3.13. The summed E-state index contributed by atoms with van der Waals surface area (Å²) in [5.41, 5.74) is 0.808. The molecular weight excluding hydrogens is 351 g/mol. The van der Waals surface area contributed by atoms with Crippen LogP contribution in [0.1, 0.15) is 35.6 Å². The van der Waals surface area contributed by atoms with Gasteiger partial charge in [-0.25, -0.2) is 8.42 Å². The van der Waals surface area contributed by atoms with Gasteiger partial charge in [-0.1, -0.05) is 29.8 Å². The molecular formula is C18H18F3NO2S. The molecule has 1 unspecified atom stereocenters. The fourth-order valence-electron chi connectivity index (χ4n) is 3.10. The first-order valence-corrected chi connectivity index (χ1v) is 9.39. The van der Waals surface area contributed by atoms with Crippen molar-refractivity contribution >= 4 is 10.0 Å². The minimum Gasteiger partial charge on any atom is -0.207 e. The third kappa shape index (κ3) is 3.57. The van der Waals surface area contributed by atoms with Crippen LogP contribution in [-0.4, -0.2) is 19.3 Å². The van der Waals surface area contributed by atoms with Crippen LogP contribution < -0.4 is 0 Å². The summed E-state index contributed by atoms with van der Waals surface area (Å²) in [5.74, 6) is 0. The van der Waals surface area contributed by atoms with E-state index in [1.165, 1.54) is 16.4 Å². The number of rotatable bonds is 3. The average Bonchev–Trinajstić information content (AvgIpc) is 3.05. The van der Waals surface area contributed by atoms with Gasteiger partial charge in [-0.05, 0) is 49.6 Å². The third-order valence-electron chi connectivity index (χ3n) is 4.45. The topological polar surface area (TPSA) is 37.4 Å². The van der Waals surface area contributed by atoms with E-state index in [1.807, 2.05) is 6.92 Å². The maximum atomic E-state index is 12.9. The number of aryl methyl sites for hydroxylation is 1. The lowest BCUT2D eigenvalue weighted by Gasteiger charge is -2.25. The van der Waals surface area contributed by atoms with E-state index in [0.29, 0.717) is 24.9 Å². The van der Waals surface area contributed by atoms with Crippen molar-refractivity contribution in [3.8, 4) is 0 Å². The van der Waals surface area contributed by atoms with Crippen LogP contribution in [0.25, 0.3) is 0 Å². The van der Waals surface area contributed by atoms with E-state index >= 15 is 0 Å². The van der Waals surface area contributed by atoms with Crippen LogP contribution in [0.3, 0.4) is 0 Å². The highest BCUT2D eigenvalue weighted by atomic mass is 32.2. The first-order chi connectivity index (χ1) is 11.7. The number of halogens is 3. The van der Waals surface area contributed by atoms with Gasteiger partial charge in [0.15, 0.2) is 0 Å². The molecule has 0 aromatic heterocycles. The molecule has 1 heterocycles. The van der Waals surface area contributed by atoms with Crippen molar-refractivity contribution < 1.29 is 21.6 Å². The number of nitrogens with zero attached hydrogens (tertiary/aromatic N) is 1. The predicted octanol–water partition coefficient (Wildman–Crippen LogP) is 4.54. The fraction of sp³-hybridized carbons (Fsp3) is 0.333. The standard InChI is InChI=1S/C18H18F3NO2S/c1-13-4-10-16(11-5-13)25(23,24)22-12-2-3-17(22)14-6-8-15(9-7-14)18(19,20)21/h4-11,17H,2-3,12H2,1H3. The Labute approximate surface area is 145 Å². The van der Waals surface area contributed by atoms with Crippen LogP contribution in [0.4, 0.5) is 13.2 Å². The molecule has 3 nitrogen and oxygen atoms in total. The molecule has 2 aromatic rings. The number of sulfonamides is 1. The van der Waals surface area contributed by atoms with Gasteiger partial charge in [0.2, 0.25) is 10.0 Å². The van der Waals surface area contributed by atoms with Gasteiger partial charge in [0.25, 0.3) is 0 Å². The molecule has 3 rings (SSSR count). The Hall–Kier alpha value is -1.86. The molecule has 1 aliphatic heterocycles. The molecule has 0 aliphatic carbocycles. The van der Waals surface area contributed by atoms with Crippen molar-refractivity contribution in [2.24, 2.45) is 0 Å². The molecule has 1 fully saturated rings. The van der Waals surface area contributed by atoms with Gasteiger partial charge in [0.05, 0.1) is 16.5 Å². The van der Waals surface area contributed by atoms with Crippen molar-refractivity contribution in [3.05, 3.63) is 65.2 Å². The number of hydrogen-bond acceptors (Lipinski definition) is 2. The number of alkyl halides is 3. The zero-order valence-corrected chi connectivity index (χ0v) is 14.4. The van der Waals surface area contributed by atoms with Gasteiger partial charge in [-0.3, -0.25) is 0 Å². The maximum Gasteiger partial charge on any atom is 0.416 e. The predicted molar refractivity (Wildman–Crippen MR) is 88.5 cm³/mol. The minimum absolute atomic E-state index is 0.205. The Kier molecular flexibility index (Phi) is 4.64. The normalized spacial score (nSPS) is 19.3. The average molecular weight is 369 g/mol. The van der Waals surface area contributed by atoms with Gasteiger partial charge in [-0.15, -0.1) is 0 Å². The maximum absolute atomic E-state index is 12.9. The molecule has 0 bridgehead atoms. The molecule has 0 amide bonds. The molecule has 0 spiro atoms. The summed E-state index contributed by atoms with van der Waals surface area (Å²) in [6.45, 7) is 2.24. The van der Waals surface area contributed by atoms with E-state index in [1.54, 1.807) is 24.3 Å². The van der Waals surface area contributed by atoms with Crippen molar-refractivity contribution in [1.29, 1.82) is 0 Å². The van der Waals surface area contributed by atoms with Gasteiger partial charge in [0.1, 0.15) is 0 Å². The van der Waals surface area contributed by atoms with E-state index in [-0.39, 0.29) is 4.90 Å². The number of hydrogen-bond donors (Lipinski definition) is 0. The molecule has 25 heavy (non-hydrogen) atoms. The van der Waals surface area contributed by atoms with Gasteiger partial charge < -0.3 is 0 Å². The van der Waals surface area contributed by atoms with Gasteiger partial charge in [-0.2, -0.15) is 17.5 Å². The fourth-order valence-corrected chi connectivity index (χ4v) is 4.78. The highest BCUT2D eigenvalue weighted by Crippen LogP contribution is 2.38.